The molecule has 0 aliphatic carbocycles. The predicted octanol–water partition coefficient (Wildman–Crippen LogP) is 1.73. The maximum Gasteiger partial charge on any atom is 0.0904 e. The second-order valence-corrected chi connectivity index (χ2v) is 5.14. The van der Waals surface area contributed by atoms with Crippen LogP contribution in [0.2, 0.25) is 0 Å². The predicted molar refractivity (Wildman–Crippen MR) is 68.0 cm³/mol. The van der Waals surface area contributed by atoms with Crippen molar-refractivity contribution in [3.8, 4) is 0 Å². The zero-order chi connectivity index (χ0) is 11.4. The Morgan fingerprint density at radius 1 is 1.62 bits per heavy atom. The van der Waals surface area contributed by atoms with Crippen LogP contribution >= 0.6 is 11.3 Å². The van der Waals surface area contributed by atoms with E-state index in [0.29, 0.717) is 6.04 Å². The molecular weight excluding hydrogens is 220 g/mol. The Morgan fingerprint density at radius 2 is 2.50 bits per heavy atom. The first-order valence-corrected chi connectivity index (χ1v) is 6.77. The molecular formula is C12H20N2OS. The molecule has 0 radical (unpaired) electrons. The molecule has 2 heterocycles. The minimum Gasteiger partial charge on any atom is -0.374 e. The number of rotatable bonds is 4. The lowest BCUT2D eigenvalue weighted by Gasteiger charge is -2.38. The van der Waals surface area contributed by atoms with Gasteiger partial charge in [0.25, 0.3) is 0 Å². The highest BCUT2D eigenvalue weighted by Crippen LogP contribution is 2.30. The van der Waals surface area contributed by atoms with E-state index in [1.54, 1.807) is 0 Å². The highest BCUT2D eigenvalue weighted by Gasteiger charge is 2.31. The summed E-state index contributed by atoms with van der Waals surface area (Å²) in [7, 11) is 2.19. The van der Waals surface area contributed by atoms with Gasteiger partial charge in [0.05, 0.1) is 18.8 Å². The fraction of sp³-hybridized carbons (Fsp3) is 0.667. The number of nitrogens with zero attached hydrogens (tertiary/aromatic N) is 1. The maximum absolute atomic E-state index is 5.89. The first-order valence-electron chi connectivity index (χ1n) is 5.89. The summed E-state index contributed by atoms with van der Waals surface area (Å²) in [5.74, 6) is 0. The zero-order valence-electron chi connectivity index (χ0n) is 9.98. The van der Waals surface area contributed by atoms with Crippen LogP contribution < -0.4 is 5.32 Å². The van der Waals surface area contributed by atoms with E-state index in [9.17, 15) is 0 Å². The quantitative estimate of drug-likeness (QED) is 0.867. The molecule has 0 aromatic carbocycles. The van der Waals surface area contributed by atoms with E-state index in [1.165, 1.54) is 4.88 Å². The van der Waals surface area contributed by atoms with Gasteiger partial charge in [0.2, 0.25) is 0 Å². The van der Waals surface area contributed by atoms with Crippen LogP contribution in [0.5, 0.6) is 0 Å². The second-order valence-electron chi connectivity index (χ2n) is 4.16. The van der Waals surface area contributed by atoms with Crippen LogP contribution in [0.15, 0.2) is 17.5 Å². The van der Waals surface area contributed by atoms with Crippen molar-refractivity contribution < 1.29 is 4.74 Å². The Balaban J connectivity index is 2.08. The van der Waals surface area contributed by atoms with E-state index < -0.39 is 0 Å². The summed E-state index contributed by atoms with van der Waals surface area (Å²) in [6.07, 6.45) is 0.275. The summed E-state index contributed by atoms with van der Waals surface area (Å²) in [5, 5.41) is 5.52. The molecule has 0 amide bonds. The third-order valence-electron chi connectivity index (χ3n) is 3.03. The van der Waals surface area contributed by atoms with Gasteiger partial charge in [-0.05, 0) is 25.0 Å². The lowest BCUT2D eigenvalue weighted by molar-refractivity contribution is -0.0600. The molecule has 90 valence electrons. The summed E-state index contributed by atoms with van der Waals surface area (Å²) in [4.78, 5) is 3.81. The van der Waals surface area contributed by atoms with Gasteiger partial charge in [0.15, 0.2) is 0 Å². The monoisotopic (exact) mass is 240 g/mol. The van der Waals surface area contributed by atoms with Crippen molar-refractivity contribution in [2.75, 3.05) is 33.3 Å². The Hall–Kier alpha value is -0.420. The minimum atomic E-state index is 0.275. The van der Waals surface area contributed by atoms with Gasteiger partial charge in [-0.3, -0.25) is 4.90 Å². The van der Waals surface area contributed by atoms with Crippen LogP contribution in [0.25, 0.3) is 0 Å². The van der Waals surface area contributed by atoms with Crippen LogP contribution in [-0.2, 0) is 4.74 Å². The van der Waals surface area contributed by atoms with E-state index in [-0.39, 0.29) is 6.10 Å². The summed E-state index contributed by atoms with van der Waals surface area (Å²) in [6.45, 7) is 5.93. The first-order chi connectivity index (χ1) is 7.83. The van der Waals surface area contributed by atoms with Crippen molar-refractivity contribution in [2.24, 2.45) is 0 Å². The fourth-order valence-corrected chi connectivity index (χ4v) is 3.12. The lowest BCUT2D eigenvalue weighted by atomic mass is 10.1. The topological polar surface area (TPSA) is 24.5 Å². The van der Waals surface area contributed by atoms with Crippen LogP contribution in [0.1, 0.15) is 17.8 Å². The number of ether oxygens (including phenoxy) is 1. The number of likely N-dealkylation sites (N-methyl/N-ethyl adjacent to an activating group) is 2. The van der Waals surface area contributed by atoms with E-state index >= 15 is 0 Å². The molecule has 0 saturated carbocycles. The number of morpholine rings is 1. The average molecular weight is 240 g/mol. The van der Waals surface area contributed by atoms with Crippen LogP contribution in [0.3, 0.4) is 0 Å². The highest BCUT2D eigenvalue weighted by atomic mass is 32.1. The SMILES string of the molecule is CCNCC1OCCN(C)C1c1cccs1. The second kappa shape index (κ2) is 5.77. The number of thiophene rings is 1. The molecule has 1 aromatic heterocycles. The Morgan fingerprint density at radius 3 is 3.19 bits per heavy atom. The van der Waals surface area contributed by atoms with E-state index in [1.807, 2.05) is 11.3 Å². The standard InChI is InChI=1S/C12H20N2OS/c1-3-13-9-10-12(11-5-4-8-16-11)14(2)6-7-15-10/h4-5,8,10,12-13H,3,6-7,9H2,1-2H3. The normalized spacial score (nSPS) is 27.1. The summed E-state index contributed by atoms with van der Waals surface area (Å²) < 4.78 is 5.89. The molecule has 1 aromatic rings. The van der Waals surface area contributed by atoms with Gasteiger partial charge in [-0.1, -0.05) is 13.0 Å². The molecule has 0 spiro atoms. The third-order valence-corrected chi connectivity index (χ3v) is 3.98. The van der Waals surface area contributed by atoms with Crippen LogP contribution in [0, 0.1) is 0 Å². The lowest BCUT2D eigenvalue weighted by Crippen LogP contribution is -2.47. The van der Waals surface area contributed by atoms with Crippen LogP contribution in [0.4, 0.5) is 0 Å². The molecule has 4 heteroatoms. The van der Waals surface area contributed by atoms with Gasteiger partial charge in [0, 0.05) is 18.0 Å². The van der Waals surface area contributed by atoms with Gasteiger partial charge >= 0.3 is 0 Å². The summed E-state index contributed by atoms with van der Waals surface area (Å²) in [6, 6.07) is 4.74. The minimum absolute atomic E-state index is 0.275. The molecule has 0 bridgehead atoms. The van der Waals surface area contributed by atoms with Gasteiger partial charge in [-0.25, -0.2) is 0 Å². The Bertz CT molecular complexity index is 302. The third kappa shape index (κ3) is 2.63. The van der Waals surface area contributed by atoms with Crippen molar-refractivity contribution in [3.63, 3.8) is 0 Å². The van der Waals surface area contributed by atoms with Gasteiger partial charge in [-0.2, -0.15) is 0 Å². The van der Waals surface area contributed by atoms with Crippen molar-refractivity contribution in [2.45, 2.75) is 19.1 Å². The largest absolute Gasteiger partial charge is 0.374 e. The van der Waals surface area contributed by atoms with Gasteiger partial charge in [-0.15, -0.1) is 11.3 Å². The smallest absolute Gasteiger partial charge is 0.0904 e. The van der Waals surface area contributed by atoms with Gasteiger partial charge in [0.1, 0.15) is 0 Å². The van der Waals surface area contributed by atoms with E-state index in [0.717, 1.165) is 26.2 Å². The average Bonchev–Trinajstić information content (AvgIpc) is 2.79. The molecule has 16 heavy (non-hydrogen) atoms. The van der Waals surface area contributed by atoms with Crippen molar-refractivity contribution >= 4 is 11.3 Å². The van der Waals surface area contributed by atoms with Crippen LogP contribution in [-0.4, -0.2) is 44.3 Å². The Kier molecular flexibility index (Phi) is 4.35. The molecule has 1 aliphatic heterocycles. The Labute approximate surface area is 101 Å². The number of hydrogen-bond donors (Lipinski definition) is 1. The highest BCUT2D eigenvalue weighted by molar-refractivity contribution is 7.10. The van der Waals surface area contributed by atoms with Crippen molar-refractivity contribution in [1.82, 2.24) is 10.2 Å². The fourth-order valence-electron chi connectivity index (χ4n) is 2.18. The first kappa shape index (κ1) is 12.0. The van der Waals surface area contributed by atoms with Crippen molar-refractivity contribution in [1.29, 1.82) is 0 Å². The number of nitrogens with one attached hydrogen (secondary N) is 1. The summed E-state index contributed by atoms with van der Waals surface area (Å²) in [5.41, 5.74) is 0. The maximum atomic E-state index is 5.89. The molecule has 1 N–H and O–H groups in total. The molecule has 1 aliphatic rings. The summed E-state index contributed by atoms with van der Waals surface area (Å²) >= 11 is 1.82. The van der Waals surface area contributed by atoms with E-state index in [2.05, 4.69) is 41.7 Å². The molecule has 3 nitrogen and oxygen atoms in total. The molecule has 2 rings (SSSR count). The molecule has 2 atom stereocenters. The molecule has 2 unspecified atom stereocenters. The van der Waals surface area contributed by atoms with E-state index in [4.69, 9.17) is 4.74 Å². The molecule has 1 fully saturated rings. The molecule has 1 saturated heterocycles. The number of hydrogen-bond acceptors (Lipinski definition) is 4. The zero-order valence-corrected chi connectivity index (χ0v) is 10.8. The van der Waals surface area contributed by atoms with Gasteiger partial charge < -0.3 is 10.1 Å². The van der Waals surface area contributed by atoms with Crippen molar-refractivity contribution in [3.05, 3.63) is 22.4 Å².